The van der Waals surface area contributed by atoms with E-state index in [9.17, 15) is 9.59 Å². The lowest BCUT2D eigenvalue weighted by Gasteiger charge is -2.26. The Balaban J connectivity index is 1.43. The normalized spacial score (nSPS) is 19.4. The molecule has 176 valence electrons. The second kappa shape index (κ2) is 10.1. The number of nitrogens with zero attached hydrogens (tertiary/aromatic N) is 4. The van der Waals surface area contributed by atoms with E-state index < -0.39 is 12.2 Å². The van der Waals surface area contributed by atoms with Gasteiger partial charge in [-0.3, -0.25) is 20.1 Å². The average Bonchev–Trinajstić information content (AvgIpc) is 3.01. The molecule has 9 nitrogen and oxygen atoms in total. The van der Waals surface area contributed by atoms with Gasteiger partial charge in [0.2, 0.25) is 5.91 Å². The summed E-state index contributed by atoms with van der Waals surface area (Å²) >= 11 is 0. The van der Waals surface area contributed by atoms with Gasteiger partial charge in [-0.05, 0) is 36.2 Å². The second-order valence-corrected chi connectivity index (χ2v) is 8.32. The Labute approximate surface area is 192 Å². The van der Waals surface area contributed by atoms with Crippen LogP contribution in [0.5, 0.6) is 0 Å². The maximum absolute atomic E-state index is 15.3. The summed E-state index contributed by atoms with van der Waals surface area (Å²) in [5.74, 6) is -0.564. The molecule has 2 fully saturated rings. The molecule has 2 aromatic rings. The highest BCUT2D eigenvalue weighted by Gasteiger charge is 2.33. The smallest absolute Gasteiger partial charge is 0.414 e. The molecule has 2 aliphatic rings. The van der Waals surface area contributed by atoms with Gasteiger partial charge in [-0.1, -0.05) is 6.07 Å². The number of amides is 2. The van der Waals surface area contributed by atoms with Crippen LogP contribution < -0.4 is 20.5 Å². The van der Waals surface area contributed by atoms with Crippen LogP contribution in [0.15, 0.2) is 36.7 Å². The molecule has 0 bridgehead atoms. The maximum atomic E-state index is 15.3. The van der Waals surface area contributed by atoms with Crippen LogP contribution in [0, 0.1) is 12.7 Å². The van der Waals surface area contributed by atoms with Gasteiger partial charge in [0.05, 0.1) is 24.5 Å². The molecular weight excluding hydrogens is 427 g/mol. The minimum absolute atomic E-state index is 0.193. The van der Waals surface area contributed by atoms with E-state index in [1.54, 1.807) is 6.20 Å². The number of anilines is 2. The van der Waals surface area contributed by atoms with Crippen molar-refractivity contribution in [1.82, 2.24) is 20.7 Å². The summed E-state index contributed by atoms with van der Waals surface area (Å²) in [5.41, 5.74) is 6.26. The molecule has 0 spiro atoms. The summed E-state index contributed by atoms with van der Waals surface area (Å²) in [5, 5.41) is 4.76. The number of hydrogen-bond donors (Lipinski definition) is 2. The molecule has 3 heterocycles. The minimum Gasteiger partial charge on any atom is -0.442 e. The lowest BCUT2D eigenvalue weighted by Crippen LogP contribution is -2.38. The van der Waals surface area contributed by atoms with Crippen molar-refractivity contribution >= 4 is 23.4 Å². The number of cyclic esters (lactones) is 1. The standard InChI is InChI=1S/C23H29FN6O3/c1-16-10-19(30-15-20(33-23(30)32)13-26-17(2)31)11-21(24)22(16)28-7-6-27-29(9-8-28)14-18-4-3-5-25-12-18/h3-5,10-12,20,27H,6-9,13-15H2,1-2H3,(H,26,31)/t20-/m0/s1. The van der Waals surface area contributed by atoms with Crippen LogP contribution in [0.25, 0.3) is 0 Å². The number of ether oxygens (including phenoxy) is 1. The molecule has 10 heteroatoms. The van der Waals surface area contributed by atoms with E-state index in [1.165, 1.54) is 17.9 Å². The van der Waals surface area contributed by atoms with Gasteiger partial charge in [-0.25, -0.2) is 14.2 Å². The van der Waals surface area contributed by atoms with Crippen LogP contribution in [0.1, 0.15) is 18.1 Å². The van der Waals surface area contributed by atoms with Crippen molar-refractivity contribution in [3.8, 4) is 0 Å². The fraction of sp³-hybridized carbons (Fsp3) is 0.435. The summed E-state index contributed by atoms with van der Waals surface area (Å²) in [7, 11) is 0. The summed E-state index contributed by atoms with van der Waals surface area (Å²) in [6.07, 6.45) is 2.59. The Morgan fingerprint density at radius 2 is 2.18 bits per heavy atom. The van der Waals surface area contributed by atoms with E-state index >= 15 is 4.39 Å². The zero-order valence-electron chi connectivity index (χ0n) is 18.9. The van der Waals surface area contributed by atoms with Crippen molar-refractivity contribution < 1.29 is 18.7 Å². The SMILES string of the molecule is CC(=O)NC[C@H]1CN(c2cc(C)c(N3CCNN(Cc4cccnc4)CC3)c(F)c2)C(=O)O1. The number of nitrogens with one attached hydrogen (secondary N) is 2. The van der Waals surface area contributed by atoms with Crippen LogP contribution in [0.3, 0.4) is 0 Å². The Bertz CT molecular complexity index is 982. The zero-order valence-corrected chi connectivity index (χ0v) is 18.9. The first kappa shape index (κ1) is 22.9. The summed E-state index contributed by atoms with van der Waals surface area (Å²) < 4.78 is 20.6. The van der Waals surface area contributed by atoms with Gasteiger partial charge in [0.25, 0.3) is 0 Å². The molecule has 0 unspecified atom stereocenters. The largest absolute Gasteiger partial charge is 0.442 e. The topological polar surface area (TPSA) is 90.0 Å². The minimum atomic E-state index is -0.540. The second-order valence-electron chi connectivity index (χ2n) is 8.32. The van der Waals surface area contributed by atoms with Crippen molar-refractivity contribution in [2.75, 3.05) is 49.1 Å². The molecule has 0 radical (unpaired) electrons. The average molecular weight is 457 g/mol. The summed E-state index contributed by atoms with van der Waals surface area (Å²) in [6, 6.07) is 7.14. The molecule has 1 atom stereocenters. The Kier molecular flexibility index (Phi) is 7.05. The highest BCUT2D eigenvalue weighted by Crippen LogP contribution is 2.31. The molecule has 0 saturated carbocycles. The highest BCUT2D eigenvalue weighted by molar-refractivity contribution is 5.90. The zero-order chi connectivity index (χ0) is 23.4. The molecule has 1 aromatic heterocycles. The number of aryl methyl sites for hydroxylation is 1. The molecular formula is C23H29FN6O3. The van der Waals surface area contributed by atoms with Crippen molar-refractivity contribution in [3.05, 3.63) is 53.6 Å². The van der Waals surface area contributed by atoms with Crippen LogP contribution in [-0.4, -0.2) is 67.4 Å². The number of rotatable bonds is 6. The molecule has 33 heavy (non-hydrogen) atoms. The number of hydrazine groups is 1. The van der Waals surface area contributed by atoms with Gasteiger partial charge in [-0.2, -0.15) is 0 Å². The van der Waals surface area contributed by atoms with E-state index in [4.69, 9.17) is 4.74 Å². The van der Waals surface area contributed by atoms with Crippen LogP contribution in [0.4, 0.5) is 20.6 Å². The fourth-order valence-corrected chi connectivity index (χ4v) is 4.22. The fourth-order valence-electron chi connectivity index (χ4n) is 4.22. The highest BCUT2D eigenvalue weighted by atomic mass is 19.1. The first-order valence-corrected chi connectivity index (χ1v) is 11.1. The van der Waals surface area contributed by atoms with Gasteiger partial charge in [0.15, 0.2) is 0 Å². The summed E-state index contributed by atoms with van der Waals surface area (Å²) in [4.78, 5) is 31.0. The van der Waals surface area contributed by atoms with Gasteiger partial charge in [0, 0.05) is 52.0 Å². The molecule has 2 saturated heterocycles. The first-order valence-electron chi connectivity index (χ1n) is 11.1. The van der Waals surface area contributed by atoms with Gasteiger partial charge in [0.1, 0.15) is 11.9 Å². The van der Waals surface area contributed by atoms with Crippen LogP contribution in [-0.2, 0) is 16.1 Å². The lowest BCUT2D eigenvalue weighted by molar-refractivity contribution is -0.119. The van der Waals surface area contributed by atoms with Gasteiger partial charge >= 0.3 is 6.09 Å². The Hall–Kier alpha value is -3.24. The number of halogens is 1. The maximum Gasteiger partial charge on any atom is 0.414 e. The third kappa shape index (κ3) is 5.58. The molecule has 0 aliphatic carbocycles. The monoisotopic (exact) mass is 456 g/mol. The van der Waals surface area contributed by atoms with Crippen molar-refractivity contribution in [2.24, 2.45) is 0 Å². The van der Waals surface area contributed by atoms with Crippen molar-refractivity contribution in [2.45, 2.75) is 26.5 Å². The Morgan fingerprint density at radius 1 is 1.33 bits per heavy atom. The van der Waals surface area contributed by atoms with Gasteiger partial charge < -0.3 is 15.0 Å². The van der Waals surface area contributed by atoms with Crippen LogP contribution in [0.2, 0.25) is 0 Å². The molecule has 4 rings (SSSR count). The van der Waals surface area contributed by atoms with Gasteiger partial charge in [-0.15, -0.1) is 0 Å². The van der Waals surface area contributed by atoms with Crippen molar-refractivity contribution in [3.63, 3.8) is 0 Å². The molecule has 2 aliphatic heterocycles. The third-order valence-electron chi connectivity index (χ3n) is 5.77. The summed E-state index contributed by atoms with van der Waals surface area (Å²) in [6.45, 7) is 7.19. The van der Waals surface area contributed by atoms with E-state index in [0.29, 0.717) is 31.0 Å². The lowest BCUT2D eigenvalue weighted by atomic mass is 10.1. The molecule has 2 amide bonds. The number of carbonyl (C=O) groups is 2. The number of benzene rings is 1. The number of aromatic nitrogens is 1. The van der Waals surface area contributed by atoms with E-state index in [-0.39, 0.29) is 24.8 Å². The number of carbonyl (C=O) groups excluding carboxylic acids is 2. The third-order valence-corrected chi connectivity index (χ3v) is 5.77. The molecule has 2 N–H and O–H groups in total. The predicted octanol–water partition coefficient (Wildman–Crippen LogP) is 1.82. The number of pyridine rings is 1. The van der Waals surface area contributed by atoms with E-state index in [2.05, 4.69) is 20.7 Å². The first-order chi connectivity index (χ1) is 15.9. The Morgan fingerprint density at radius 3 is 2.91 bits per heavy atom. The van der Waals surface area contributed by atoms with Crippen LogP contribution >= 0.6 is 0 Å². The van der Waals surface area contributed by atoms with E-state index in [1.807, 2.05) is 36.2 Å². The molecule has 1 aromatic carbocycles. The number of hydrogen-bond acceptors (Lipinski definition) is 7. The quantitative estimate of drug-likeness (QED) is 0.685. The predicted molar refractivity (Wildman–Crippen MR) is 122 cm³/mol. The van der Waals surface area contributed by atoms with E-state index in [0.717, 1.165) is 24.2 Å². The van der Waals surface area contributed by atoms with Crippen molar-refractivity contribution in [1.29, 1.82) is 0 Å².